The van der Waals surface area contributed by atoms with Crippen LogP contribution in [0.4, 0.5) is 10.5 Å². The molecule has 0 atom stereocenters. The van der Waals surface area contributed by atoms with Crippen molar-refractivity contribution in [2.75, 3.05) is 12.0 Å². The van der Waals surface area contributed by atoms with Gasteiger partial charge >= 0.3 is 6.03 Å². The Balaban J connectivity index is 1.81. The van der Waals surface area contributed by atoms with Crippen LogP contribution in [-0.2, 0) is 0 Å². The van der Waals surface area contributed by atoms with Gasteiger partial charge in [0.05, 0.1) is 0 Å². The SMILES string of the molecule is Cc1cc(O)ccc1NC(=O)NCOc1ccccc1. The van der Waals surface area contributed by atoms with Crippen LogP contribution in [0.2, 0.25) is 0 Å². The van der Waals surface area contributed by atoms with E-state index in [1.165, 1.54) is 6.07 Å². The van der Waals surface area contributed by atoms with E-state index in [2.05, 4.69) is 10.6 Å². The predicted molar refractivity (Wildman–Crippen MR) is 76.9 cm³/mol. The Hall–Kier alpha value is -2.69. The number of phenolic OH excluding ortho intramolecular Hbond substituents is 1. The first-order valence-electron chi connectivity index (χ1n) is 6.17. The molecule has 0 aromatic heterocycles. The molecule has 0 saturated carbocycles. The number of carbonyl (C=O) groups is 1. The summed E-state index contributed by atoms with van der Waals surface area (Å²) in [5.41, 5.74) is 1.42. The summed E-state index contributed by atoms with van der Waals surface area (Å²) in [6.07, 6.45) is 0. The molecule has 5 heteroatoms. The van der Waals surface area contributed by atoms with Gasteiger partial charge in [-0.2, -0.15) is 0 Å². The smallest absolute Gasteiger partial charge is 0.321 e. The number of aromatic hydroxyl groups is 1. The van der Waals surface area contributed by atoms with Gasteiger partial charge in [-0.15, -0.1) is 0 Å². The second-order valence-electron chi connectivity index (χ2n) is 4.23. The van der Waals surface area contributed by atoms with Crippen LogP contribution in [0.15, 0.2) is 48.5 Å². The normalized spacial score (nSPS) is 9.85. The number of ether oxygens (including phenoxy) is 1. The fourth-order valence-electron chi connectivity index (χ4n) is 1.66. The lowest BCUT2D eigenvalue weighted by Crippen LogP contribution is -2.32. The number of aryl methyl sites for hydroxylation is 1. The molecule has 2 aromatic carbocycles. The number of amides is 2. The Morgan fingerprint density at radius 2 is 1.95 bits per heavy atom. The fraction of sp³-hybridized carbons (Fsp3) is 0.133. The first-order chi connectivity index (χ1) is 9.65. The van der Waals surface area contributed by atoms with Gasteiger partial charge < -0.3 is 20.5 Å². The van der Waals surface area contributed by atoms with Crippen LogP contribution < -0.4 is 15.4 Å². The molecule has 0 bridgehead atoms. The van der Waals surface area contributed by atoms with E-state index in [-0.39, 0.29) is 18.5 Å². The highest BCUT2D eigenvalue weighted by Crippen LogP contribution is 2.19. The number of nitrogens with one attached hydrogen (secondary N) is 2. The molecule has 2 rings (SSSR count). The number of carbonyl (C=O) groups excluding carboxylic acids is 1. The number of benzene rings is 2. The molecule has 2 aromatic rings. The van der Waals surface area contributed by atoms with E-state index < -0.39 is 0 Å². The van der Waals surface area contributed by atoms with Crippen molar-refractivity contribution < 1.29 is 14.6 Å². The van der Waals surface area contributed by atoms with Crippen molar-refractivity contribution in [3.63, 3.8) is 0 Å². The summed E-state index contributed by atoms with van der Waals surface area (Å²) in [7, 11) is 0. The Morgan fingerprint density at radius 1 is 1.20 bits per heavy atom. The Morgan fingerprint density at radius 3 is 2.65 bits per heavy atom. The molecule has 0 aliphatic heterocycles. The molecule has 0 aliphatic rings. The highest BCUT2D eigenvalue weighted by atomic mass is 16.5. The van der Waals surface area contributed by atoms with Gasteiger partial charge in [0.15, 0.2) is 6.73 Å². The van der Waals surface area contributed by atoms with Gasteiger partial charge in [0, 0.05) is 5.69 Å². The Bertz CT molecular complexity index is 585. The van der Waals surface area contributed by atoms with Crippen LogP contribution in [0.25, 0.3) is 0 Å². The summed E-state index contributed by atoms with van der Waals surface area (Å²) < 4.78 is 5.35. The van der Waals surface area contributed by atoms with Gasteiger partial charge in [-0.3, -0.25) is 0 Å². The number of phenols is 1. The monoisotopic (exact) mass is 272 g/mol. The highest BCUT2D eigenvalue weighted by Gasteiger charge is 2.04. The van der Waals surface area contributed by atoms with E-state index in [4.69, 9.17) is 4.74 Å². The molecule has 0 fully saturated rings. The molecule has 2 amide bonds. The van der Waals surface area contributed by atoms with Crippen molar-refractivity contribution in [1.29, 1.82) is 0 Å². The number of para-hydroxylation sites is 1. The minimum atomic E-state index is -0.366. The summed E-state index contributed by atoms with van der Waals surface area (Å²) in [6.45, 7) is 1.88. The molecule has 20 heavy (non-hydrogen) atoms. The van der Waals surface area contributed by atoms with Crippen LogP contribution in [0.3, 0.4) is 0 Å². The van der Waals surface area contributed by atoms with Gasteiger partial charge in [0.1, 0.15) is 11.5 Å². The van der Waals surface area contributed by atoms with E-state index in [9.17, 15) is 9.90 Å². The van der Waals surface area contributed by atoms with Gasteiger partial charge in [-0.05, 0) is 42.8 Å². The second kappa shape index (κ2) is 6.47. The average Bonchev–Trinajstić information content (AvgIpc) is 2.43. The molecule has 0 spiro atoms. The quantitative estimate of drug-likeness (QED) is 0.592. The maximum absolute atomic E-state index is 11.7. The summed E-state index contributed by atoms with van der Waals surface area (Å²) in [6, 6.07) is 13.6. The number of urea groups is 1. The Kier molecular flexibility index (Phi) is 4.44. The molecule has 104 valence electrons. The minimum Gasteiger partial charge on any atom is -0.508 e. The lowest BCUT2D eigenvalue weighted by atomic mass is 10.2. The largest absolute Gasteiger partial charge is 0.508 e. The van der Waals surface area contributed by atoms with Crippen LogP contribution in [0.1, 0.15) is 5.56 Å². The first-order valence-corrected chi connectivity index (χ1v) is 6.17. The first kappa shape index (κ1) is 13.7. The van der Waals surface area contributed by atoms with E-state index in [1.54, 1.807) is 19.1 Å². The van der Waals surface area contributed by atoms with Crippen molar-refractivity contribution in [2.45, 2.75) is 6.92 Å². The van der Waals surface area contributed by atoms with Crippen molar-refractivity contribution >= 4 is 11.7 Å². The maximum atomic E-state index is 11.7. The predicted octanol–water partition coefficient (Wildman–Crippen LogP) is 2.86. The third-order valence-corrected chi connectivity index (χ3v) is 2.67. The topological polar surface area (TPSA) is 70.6 Å². The summed E-state index contributed by atoms with van der Waals surface area (Å²) in [5, 5.41) is 14.6. The van der Waals surface area contributed by atoms with Crippen molar-refractivity contribution in [2.24, 2.45) is 0 Å². The molecule has 5 nitrogen and oxygen atoms in total. The summed E-state index contributed by atoms with van der Waals surface area (Å²) >= 11 is 0. The zero-order chi connectivity index (χ0) is 14.4. The minimum absolute atomic E-state index is 0.0764. The zero-order valence-electron chi connectivity index (χ0n) is 11.1. The number of hydrogen-bond donors (Lipinski definition) is 3. The summed E-state index contributed by atoms with van der Waals surface area (Å²) in [4.78, 5) is 11.7. The van der Waals surface area contributed by atoms with Crippen LogP contribution in [-0.4, -0.2) is 17.9 Å². The van der Waals surface area contributed by atoms with Crippen LogP contribution in [0, 0.1) is 6.92 Å². The van der Waals surface area contributed by atoms with E-state index in [1.807, 2.05) is 30.3 Å². The standard InChI is InChI=1S/C15H16N2O3/c1-11-9-12(18)7-8-14(11)17-15(19)16-10-20-13-5-3-2-4-6-13/h2-9,18H,10H2,1H3,(H2,16,17,19). The molecule has 0 aliphatic carbocycles. The zero-order valence-corrected chi connectivity index (χ0v) is 11.1. The number of hydrogen-bond acceptors (Lipinski definition) is 3. The number of rotatable bonds is 4. The molecular weight excluding hydrogens is 256 g/mol. The van der Waals surface area contributed by atoms with Crippen LogP contribution >= 0.6 is 0 Å². The third kappa shape index (κ3) is 3.91. The molecular formula is C15H16N2O3. The lowest BCUT2D eigenvalue weighted by molar-refractivity contribution is 0.234. The van der Waals surface area contributed by atoms with Gasteiger partial charge in [0.2, 0.25) is 0 Å². The molecule has 0 radical (unpaired) electrons. The average molecular weight is 272 g/mol. The summed E-state index contributed by atoms with van der Waals surface area (Å²) in [5.74, 6) is 0.856. The van der Waals surface area contributed by atoms with Crippen molar-refractivity contribution in [3.8, 4) is 11.5 Å². The fourth-order valence-corrected chi connectivity index (χ4v) is 1.66. The molecule has 0 heterocycles. The van der Waals surface area contributed by atoms with Gasteiger partial charge in [-0.1, -0.05) is 18.2 Å². The second-order valence-corrected chi connectivity index (χ2v) is 4.23. The molecule has 0 saturated heterocycles. The maximum Gasteiger partial charge on any atom is 0.321 e. The van der Waals surface area contributed by atoms with Crippen molar-refractivity contribution in [1.82, 2.24) is 5.32 Å². The van der Waals surface area contributed by atoms with E-state index >= 15 is 0 Å². The molecule has 0 unspecified atom stereocenters. The van der Waals surface area contributed by atoms with Gasteiger partial charge in [0.25, 0.3) is 0 Å². The Labute approximate surface area is 117 Å². The highest BCUT2D eigenvalue weighted by molar-refractivity contribution is 5.90. The number of anilines is 1. The van der Waals surface area contributed by atoms with Crippen molar-refractivity contribution in [3.05, 3.63) is 54.1 Å². The van der Waals surface area contributed by atoms with E-state index in [0.29, 0.717) is 11.4 Å². The van der Waals surface area contributed by atoms with Gasteiger partial charge in [-0.25, -0.2) is 4.79 Å². The molecule has 3 N–H and O–H groups in total. The lowest BCUT2D eigenvalue weighted by Gasteiger charge is -2.11. The van der Waals surface area contributed by atoms with E-state index in [0.717, 1.165) is 5.56 Å². The van der Waals surface area contributed by atoms with Crippen LogP contribution in [0.5, 0.6) is 11.5 Å². The third-order valence-electron chi connectivity index (χ3n) is 2.67.